The van der Waals surface area contributed by atoms with Crippen molar-refractivity contribution in [3.05, 3.63) is 54.4 Å². The summed E-state index contributed by atoms with van der Waals surface area (Å²) in [7, 11) is 0. The predicted molar refractivity (Wildman–Crippen MR) is 85.2 cm³/mol. The lowest BCUT2D eigenvalue weighted by Crippen LogP contribution is -2.43. The number of anilines is 1. The van der Waals surface area contributed by atoms with Crippen molar-refractivity contribution >= 4 is 5.95 Å². The lowest BCUT2D eigenvalue weighted by Gasteiger charge is -2.34. The van der Waals surface area contributed by atoms with Crippen molar-refractivity contribution < 1.29 is 4.39 Å². The zero-order valence-corrected chi connectivity index (χ0v) is 12.5. The van der Waals surface area contributed by atoms with E-state index >= 15 is 0 Å². The highest BCUT2D eigenvalue weighted by Gasteiger charge is 2.29. The number of rotatable bonds is 5. The average Bonchev–Trinajstić information content (AvgIpc) is 2.56. The molecule has 0 radical (unpaired) electrons. The molecule has 0 bridgehead atoms. The van der Waals surface area contributed by atoms with E-state index in [4.69, 9.17) is 0 Å². The summed E-state index contributed by atoms with van der Waals surface area (Å²) in [5, 5.41) is 3.13. The molecule has 0 aliphatic carbocycles. The van der Waals surface area contributed by atoms with Crippen LogP contribution >= 0.6 is 0 Å². The molecule has 1 saturated heterocycles. The number of nitrogens with zero attached hydrogens (tertiary/aromatic N) is 3. The van der Waals surface area contributed by atoms with Gasteiger partial charge in [-0.3, -0.25) is 4.90 Å². The first-order valence-corrected chi connectivity index (χ1v) is 7.72. The van der Waals surface area contributed by atoms with Crippen molar-refractivity contribution in [1.82, 2.24) is 14.9 Å². The van der Waals surface area contributed by atoms with Crippen molar-refractivity contribution in [1.29, 1.82) is 0 Å². The van der Waals surface area contributed by atoms with E-state index in [1.165, 1.54) is 5.56 Å². The third-order valence-corrected chi connectivity index (χ3v) is 4.10. The molecule has 3 rings (SSSR count). The second-order valence-electron chi connectivity index (χ2n) is 5.74. The van der Waals surface area contributed by atoms with Crippen LogP contribution in [-0.2, 0) is 6.54 Å². The van der Waals surface area contributed by atoms with Gasteiger partial charge >= 0.3 is 0 Å². The maximum Gasteiger partial charge on any atom is 0.222 e. The van der Waals surface area contributed by atoms with Gasteiger partial charge in [0.15, 0.2) is 0 Å². The summed E-state index contributed by atoms with van der Waals surface area (Å²) in [6, 6.07) is 12.0. The largest absolute Gasteiger partial charge is 0.354 e. The smallest absolute Gasteiger partial charge is 0.222 e. The summed E-state index contributed by atoms with van der Waals surface area (Å²) < 4.78 is 14.4. The van der Waals surface area contributed by atoms with Gasteiger partial charge in [-0.1, -0.05) is 30.3 Å². The van der Waals surface area contributed by atoms with Crippen LogP contribution in [0.3, 0.4) is 0 Å². The Kier molecular flexibility index (Phi) is 4.96. The first kappa shape index (κ1) is 14.9. The fourth-order valence-electron chi connectivity index (χ4n) is 2.84. The number of benzene rings is 1. The van der Waals surface area contributed by atoms with Crippen LogP contribution in [0, 0.1) is 5.92 Å². The first-order valence-electron chi connectivity index (χ1n) is 7.72. The van der Waals surface area contributed by atoms with Crippen LogP contribution in [0.15, 0.2) is 48.8 Å². The molecule has 1 aliphatic heterocycles. The third kappa shape index (κ3) is 4.01. The molecule has 4 nitrogen and oxygen atoms in total. The standard InChI is InChI=1S/C17H21FN4/c18-16-13-22(12-14-5-2-1-3-6-14)10-7-15(16)11-21-17-19-8-4-9-20-17/h1-6,8-9,15-16H,7,10-13H2,(H,19,20,21)/t15-,16-/m1/s1. The Morgan fingerprint density at radius 3 is 2.64 bits per heavy atom. The fourth-order valence-corrected chi connectivity index (χ4v) is 2.84. The minimum Gasteiger partial charge on any atom is -0.354 e. The van der Waals surface area contributed by atoms with E-state index in [0.29, 0.717) is 19.0 Å². The topological polar surface area (TPSA) is 41.0 Å². The normalized spacial score (nSPS) is 22.4. The van der Waals surface area contributed by atoms with Crippen LogP contribution in [0.5, 0.6) is 0 Å². The molecule has 0 unspecified atom stereocenters. The molecule has 116 valence electrons. The fraction of sp³-hybridized carbons (Fsp3) is 0.412. The van der Waals surface area contributed by atoms with Crippen molar-refractivity contribution in [2.24, 2.45) is 5.92 Å². The Labute approximate surface area is 130 Å². The number of likely N-dealkylation sites (tertiary alicyclic amines) is 1. The molecule has 1 aliphatic rings. The van der Waals surface area contributed by atoms with E-state index in [9.17, 15) is 4.39 Å². The van der Waals surface area contributed by atoms with E-state index in [2.05, 4.69) is 32.3 Å². The number of nitrogens with one attached hydrogen (secondary N) is 1. The van der Waals surface area contributed by atoms with E-state index in [0.717, 1.165) is 19.5 Å². The highest BCUT2D eigenvalue weighted by molar-refractivity contribution is 5.22. The number of hydrogen-bond acceptors (Lipinski definition) is 4. The van der Waals surface area contributed by atoms with E-state index in [1.807, 2.05) is 18.2 Å². The van der Waals surface area contributed by atoms with Gasteiger partial charge in [0.05, 0.1) is 0 Å². The number of halogens is 1. The van der Waals surface area contributed by atoms with Crippen molar-refractivity contribution in [2.45, 2.75) is 19.1 Å². The second-order valence-corrected chi connectivity index (χ2v) is 5.74. The molecule has 0 saturated carbocycles. The Bertz CT molecular complexity index is 563. The van der Waals surface area contributed by atoms with Crippen LogP contribution in [0.2, 0.25) is 0 Å². The Morgan fingerprint density at radius 2 is 1.91 bits per heavy atom. The summed E-state index contributed by atoms with van der Waals surface area (Å²) >= 11 is 0. The highest BCUT2D eigenvalue weighted by Crippen LogP contribution is 2.22. The molecule has 1 fully saturated rings. The molecule has 1 aromatic carbocycles. The van der Waals surface area contributed by atoms with Crippen molar-refractivity contribution in [3.8, 4) is 0 Å². The Balaban J connectivity index is 1.48. The predicted octanol–water partition coefficient (Wildman–Crippen LogP) is 2.75. The van der Waals surface area contributed by atoms with Gasteiger partial charge < -0.3 is 5.32 Å². The van der Waals surface area contributed by atoms with E-state index in [-0.39, 0.29) is 5.92 Å². The maximum atomic E-state index is 14.4. The van der Waals surface area contributed by atoms with Crippen LogP contribution in [0.1, 0.15) is 12.0 Å². The van der Waals surface area contributed by atoms with Crippen molar-refractivity contribution in [3.63, 3.8) is 0 Å². The Morgan fingerprint density at radius 1 is 1.14 bits per heavy atom. The summed E-state index contributed by atoms with van der Waals surface area (Å²) in [6.45, 7) is 2.84. The monoisotopic (exact) mass is 300 g/mol. The SMILES string of the molecule is F[C@@H]1CN(Cc2ccccc2)CC[C@@H]1CNc1ncccn1. The summed E-state index contributed by atoms with van der Waals surface area (Å²) in [5.41, 5.74) is 1.24. The van der Waals surface area contributed by atoms with Gasteiger partial charge in [-0.2, -0.15) is 0 Å². The minimum atomic E-state index is -0.811. The third-order valence-electron chi connectivity index (χ3n) is 4.10. The van der Waals surface area contributed by atoms with Gasteiger partial charge in [0.25, 0.3) is 0 Å². The molecule has 2 aromatic rings. The Hall–Kier alpha value is -2.01. The van der Waals surface area contributed by atoms with Gasteiger partial charge in [0.1, 0.15) is 6.17 Å². The van der Waals surface area contributed by atoms with Gasteiger partial charge in [-0.05, 0) is 24.6 Å². The summed E-state index contributed by atoms with van der Waals surface area (Å²) in [5.74, 6) is 0.595. The molecule has 2 atom stereocenters. The lowest BCUT2D eigenvalue weighted by molar-refractivity contribution is 0.0857. The van der Waals surface area contributed by atoms with Crippen molar-refractivity contribution in [2.75, 3.05) is 25.0 Å². The summed E-state index contributed by atoms with van der Waals surface area (Å²) in [6.07, 6.45) is 3.41. The molecule has 5 heteroatoms. The number of aromatic nitrogens is 2. The van der Waals surface area contributed by atoms with Crippen LogP contribution in [0.25, 0.3) is 0 Å². The molecule has 2 heterocycles. The molecular weight excluding hydrogens is 279 g/mol. The molecule has 1 N–H and O–H groups in total. The molecular formula is C17H21FN4. The quantitative estimate of drug-likeness (QED) is 0.922. The first-order chi connectivity index (χ1) is 10.8. The highest BCUT2D eigenvalue weighted by atomic mass is 19.1. The zero-order valence-electron chi connectivity index (χ0n) is 12.5. The lowest BCUT2D eigenvalue weighted by atomic mass is 9.94. The second kappa shape index (κ2) is 7.31. The van der Waals surface area contributed by atoms with E-state index in [1.54, 1.807) is 18.5 Å². The minimum absolute atomic E-state index is 0.0239. The number of hydrogen-bond donors (Lipinski definition) is 1. The van der Waals surface area contributed by atoms with E-state index < -0.39 is 6.17 Å². The molecule has 0 spiro atoms. The molecule has 0 amide bonds. The van der Waals surface area contributed by atoms with Gasteiger partial charge in [0, 0.05) is 37.9 Å². The van der Waals surface area contributed by atoms with Gasteiger partial charge in [0.2, 0.25) is 5.95 Å². The number of alkyl halides is 1. The van der Waals surface area contributed by atoms with Crippen LogP contribution < -0.4 is 5.32 Å². The molecule has 22 heavy (non-hydrogen) atoms. The van der Waals surface area contributed by atoms with Crippen LogP contribution in [0.4, 0.5) is 10.3 Å². The maximum absolute atomic E-state index is 14.4. The van der Waals surface area contributed by atoms with Gasteiger partial charge in [-0.15, -0.1) is 0 Å². The average molecular weight is 300 g/mol. The zero-order chi connectivity index (χ0) is 15.2. The van der Waals surface area contributed by atoms with Gasteiger partial charge in [-0.25, -0.2) is 14.4 Å². The number of piperidine rings is 1. The molecule has 1 aromatic heterocycles. The van der Waals surface area contributed by atoms with Crippen LogP contribution in [-0.4, -0.2) is 40.7 Å². The summed E-state index contributed by atoms with van der Waals surface area (Å²) in [4.78, 5) is 10.4.